The van der Waals surface area contributed by atoms with Crippen molar-refractivity contribution in [3.8, 4) is 0 Å². The van der Waals surface area contributed by atoms with E-state index in [0.29, 0.717) is 17.8 Å². The molecule has 0 aliphatic heterocycles. The van der Waals surface area contributed by atoms with Crippen LogP contribution < -0.4 is 10.9 Å². The molecule has 0 spiro atoms. The van der Waals surface area contributed by atoms with Crippen LogP contribution in [0.4, 0.5) is 0 Å². The van der Waals surface area contributed by atoms with Gasteiger partial charge >= 0.3 is 0 Å². The average Bonchev–Trinajstić information content (AvgIpc) is 3.04. The summed E-state index contributed by atoms with van der Waals surface area (Å²) in [7, 11) is 0. The molecule has 0 fully saturated rings. The summed E-state index contributed by atoms with van der Waals surface area (Å²) in [6, 6.07) is 3.67. The Bertz CT molecular complexity index is 933. The highest BCUT2D eigenvalue weighted by atomic mass is 32.1. The van der Waals surface area contributed by atoms with E-state index in [4.69, 9.17) is 0 Å². The van der Waals surface area contributed by atoms with E-state index in [-0.39, 0.29) is 18.0 Å². The van der Waals surface area contributed by atoms with Crippen molar-refractivity contribution in [1.29, 1.82) is 0 Å². The van der Waals surface area contributed by atoms with Crippen molar-refractivity contribution in [2.45, 2.75) is 33.4 Å². The molecule has 7 nitrogen and oxygen atoms in total. The Hall–Kier alpha value is -2.61. The Kier molecular flexibility index (Phi) is 4.66. The molecule has 1 N–H and O–H groups in total. The van der Waals surface area contributed by atoms with E-state index in [1.54, 1.807) is 18.5 Å². The third-order valence-electron chi connectivity index (χ3n) is 3.52. The number of thiazole rings is 1. The van der Waals surface area contributed by atoms with Crippen LogP contribution in [0.1, 0.15) is 23.2 Å². The van der Waals surface area contributed by atoms with Gasteiger partial charge in [-0.25, -0.2) is 9.67 Å². The van der Waals surface area contributed by atoms with Crippen LogP contribution in [0.25, 0.3) is 10.2 Å². The van der Waals surface area contributed by atoms with Crippen LogP contribution in [0.5, 0.6) is 0 Å². The van der Waals surface area contributed by atoms with Crippen LogP contribution in [0.15, 0.2) is 29.3 Å². The summed E-state index contributed by atoms with van der Waals surface area (Å²) < 4.78 is 1.97. The Labute approximate surface area is 142 Å². The average molecular weight is 343 g/mol. The van der Waals surface area contributed by atoms with E-state index in [1.807, 2.05) is 19.9 Å². The summed E-state index contributed by atoms with van der Waals surface area (Å²) in [5.74, 6) is -0.279. The standard InChI is InChI=1S/C16H17N5O2S/c1-3-13-19-14-15(24-13)10(2)20-21(16(14)23)9-12(22)18-8-11-5-4-6-17-7-11/h4-7H,3,8-9H2,1-2H3,(H,18,22). The number of aromatic nitrogens is 4. The topological polar surface area (TPSA) is 89.8 Å². The lowest BCUT2D eigenvalue weighted by Crippen LogP contribution is -2.33. The number of pyridine rings is 1. The molecular weight excluding hydrogens is 326 g/mol. The van der Waals surface area contributed by atoms with Crippen molar-refractivity contribution in [3.63, 3.8) is 0 Å². The highest BCUT2D eigenvalue weighted by Gasteiger charge is 2.15. The Morgan fingerprint density at radius 2 is 2.25 bits per heavy atom. The highest BCUT2D eigenvalue weighted by molar-refractivity contribution is 7.18. The van der Waals surface area contributed by atoms with Crippen LogP contribution in [0.3, 0.4) is 0 Å². The van der Waals surface area contributed by atoms with Crippen LogP contribution in [0, 0.1) is 6.92 Å². The number of hydrogen-bond acceptors (Lipinski definition) is 6. The van der Waals surface area contributed by atoms with Crippen molar-refractivity contribution < 1.29 is 4.79 Å². The first-order chi connectivity index (χ1) is 11.6. The van der Waals surface area contributed by atoms with Crippen molar-refractivity contribution in [1.82, 2.24) is 25.1 Å². The van der Waals surface area contributed by atoms with Gasteiger partial charge in [0, 0.05) is 18.9 Å². The van der Waals surface area contributed by atoms with E-state index in [1.165, 1.54) is 16.0 Å². The molecule has 0 aliphatic carbocycles. The zero-order chi connectivity index (χ0) is 17.1. The maximum absolute atomic E-state index is 12.5. The molecule has 24 heavy (non-hydrogen) atoms. The third kappa shape index (κ3) is 3.33. The monoisotopic (exact) mass is 343 g/mol. The zero-order valence-electron chi connectivity index (χ0n) is 13.4. The van der Waals surface area contributed by atoms with Gasteiger partial charge in [-0.05, 0) is 25.0 Å². The van der Waals surface area contributed by atoms with Crippen molar-refractivity contribution in [3.05, 3.63) is 51.1 Å². The van der Waals surface area contributed by atoms with Gasteiger partial charge in [-0.3, -0.25) is 14.6 Å². The normalized spacial score (nSPS) is 10.9. The molecule has 0 saturated carbocycles. The first-order valence-corrected chi connectivity index (χ1v) is 8.43. The van der Waals surface area contributed by atoms with E-state index in [2.05, 4.69) is 20.4 Å². The van der Waals surface area contributed by atoms with Crippen LogP contribution in [0.2, 0.25) is 0 Å². The molecule has 3 aromatic heterocycles. The number of nitrogens with zero attached hydrogens (tertiary/aromatic N) is 4. The summed E-state index contributed by atoms with van der Waals surface area (Å²) in [6.45, 7) is 4.04. The molecule has 1 amide bonds. The Balaban J connectivity index is 1.78. The number of amides is 1. The lowest BCUT2D eigenvalue weighted by molar-refractivity contribution is -0.122. The summed E-state index contributed by atoms with van der Waals surface area (Å²) in [6.07, 6.45) is 4.12. The summed E-state index contributed by atoms with van der Waals surface area (Å²) in [4.78, 5) is 32.9. The molecule has 124 valence electrons. The molecule has 3 rings (SSSR count). The lowest BCUT2D eigenvalue weighted by atomic mass is 10.3. The molecule has 0 unspecified atom stereocenters. The number of fused-ring (bicyclic) bond motifs is 1. The maximum Gasteiger partial charge on any atom is 0.294 e. The minimum Gasteiger partial charge on any atom is -0.350 e. The number of carbonyl (C=O) groups excluding carboxylic acids is 1. The van der Waals surface area contributed by atoms with Gasteiger partial charge < -0.3 is 5.32 Å². The van der Waals surface area contributed by atoms with Crippen molar-refractivity contribution in [2.24, 2.45) is 0 Å². The first kappa shape index (κ1) is 16.3. The van der Waals surface area contributed by atoms with Crippen LogP contribution >= 0.6 is 11.3 Å². The second-order valence-electron chi connectivity index (χ2n) is 5.33. The number of hydrogen-bond donors (Lipinski definition) is 1. The lowest BCUT2D eigenvalue weighted by Gasteiger charge is -2.07. The maximum atomic E-state index is 12.5. The third-order valence-corrected chi connectivity index (χ3v) is 4.82. The highest BCUT2D eigenvalue weighted by Crippen LogP contribution is 2.21. The number of aryl methyl sites for hydroxylation is 2. The van der Waals surface area contributed by atoms with Gasteiger partial charge in [-0.1, -0.05) is 13.0 Å². The largest absolute Gasteiger partial charge is 0.350 e. The fraction of sp³-hybridized carbons (Fsp3) is 0.312. The molecule has 0 atom stereocenters. The van der Waals surface area contributed by atoms with Crippen LogP contribution in [-0.4, -0.2) is 25.7 Å². The van der Waals surface area contributed by atoms with E-state index >= 15 is 0 Å². The first-order valence-electron chi connectivity index (χ1n) is 7.61. The molecule has 3 heterocycles. The SMILES string of the molecule is CCc1nc2c(=O)n(CC(=O)NCc3cccnc3)nc(C)c2s1. The summed E-state index contributed by atoms with van der Waals surface area (Å²) >= 11 is 1.48. The molecule has 8 heteroatoms. The minimum absolute atomic E-state index is 0.130. The van der Waals surface area contributed by atoms with Crippen LogP contribution in [-0.2, 0) is 24.3 Å². The van der Waals surface area contributed by atoms with Crippen molar-refractivity contribution >= 4 is 27.5 Å². The van der Waals surface area contributed by atoms with Gasteiger partial charge in [0.25, 0.3) is 5.56 Å². The fourth-order valence-electron chi connectivity index (χ4n) is 2.30. The summed E-state index contributed by atoms with van der Waals surface area (Å²) in [5, 5.41) is 7.90. The predicted molar refractivity (Wildman–Crippen MR) is 91.9 cm³/mol. The quantitative estimate of drug-likeness (QED) is 0.757. The number of nitrogens with one attached hydrogen (secondary N) is 1. The smallest absolute Gasteiger partial charge is 0.294 e. The molecular formula is C16H17N5O2S. The van der Waals surface area contributed by atoms with E-state index < -0.39 is 0 Å². The predicted octanol–water partition coefficient (Wildman–Crippen LogP) is 1.44. The van der Waals surface area contributed by atoms with E-state index in [9.17, 15) is 9.59 Å². The molecule has 0 radical (unpaired) electrons. The Morgan fingerprint density at radius 1 is 1.42 bits per heavy atom. The van der Waals surface area contributed by atoms with Gasteiger partial charge in [0.15, 0.2) is 5.52 Å². The van der Waals surface area contributed by atoms with Gasteiger partial charge in [0.1, 0.15) is 6.54 Å². The zero-order valence-corrected chi connectivity index (χ0v) is 14.3. The number of rotatable bonds is 5. The number of carbonyl (C=O) groups is 1. The Morgan fingerprint density at radius 3 is 2.96 bits per heavy atom. The molecule has 0 aliphatic rings. The van der Waals surface area contributed by atoms with Gasteiger partial charge in [-0.2, -0.15) is 5.10 Å². The van der Waals surface area contributed by atoms with Crippen molar-refractivity contribution in [2.75, 3.05) is 0 Å². The minimum atomic E-state index is -0.330. The van der Waals surface area contributed by atoms with Gasteiger partial charge in [0.2, 0.25) is 5.91 Å². The molecule has 0 saturated heterocycles. The second kappa shape index (κ2) is 6.88. The fourth-order valence-corrected chi connectivity index (χ4v) is 3.24. The van der Waals surface area contributed by atoms with Gasteiger partial charge in [-0.15, -0.1) is 11.3 Å². The van der Waals surface area contributed by atoms with Gasteiger partial charge in [0.05, 0.1) is 15.4 Å². The molecule has 0 bridgehead atoms. The molecule has 3 aromatic rings. The summed E-state index contributed by atoms with van der Waals surface area (Å²) in [5.41, 5.74) is 1.67. The second-order valence-corrected chi connectivity index (χ2v) is 6.41. The molecule has 0 aromatic carbocycles. The van der Waals surface area contributed by atoms with E-state index in [0.717, 1.165) is 21.7 Å².